The molecule has 1 atom stereocenters. The smallest absolute Gasteiger partial charge is 0.273 e. The summed E-state index contributed by atoms with van der Waals surface area (Å²) in [6, 6.07) is 7.94. The van der Waals surface area contributed by atoms with Crippen LogP contribution in [0.25, 0.3) is 0 Å². The minimum Gasteiger partial charge on any atom is -0.378 e. The molecular weight excluding hydrogens is 358 g/mol. The maximum atomic E-state index is 12.8. The molecule has 0 radical (unpaired) electrons. The molecule has 1 aromatic heterocycles. The number of anilines is 1. The first-order chi connectivity index (χ1) is 12.1. The maximum absolute atomic E-state index is 12.8. The van der Waals surface area contributed by atoms with Crippen LogP contribution in [-0.2, 0) is 4.74 Å². The largest absolute Gasteiger partial charge is 0.378 e. The molecule has 132 valence electrons. The summed E-state index contributed by atoms with van der Waals surface area (Å²) in [7, 11) is 1.85. The molecule has 7 heteroatoms. The standard InChI is InChI=1S/C18H20ClN3O2S/c1-21-7-6-14(12-2-4-13(19)5-3-12)16-15(17(21)23)20-18(25-16)22-8-10-24-11-9-22/h2-5,14H,6-11H2,1H3. The fraction of sp³-hybridized carbons (Fsp3) is 0.444. The number of hydrogen-bond donors (Lipinski definition) is 0. The van der Waals surface area contributed by atoms with E-state index in [-0.39, 0.29) is 11.8 Å². The number of carbonyl (C=O) groups is 1. The van der Waals surface area contributed by atoms with Gasteiger partial charge >= 0.3 is 0 Å². The van der Waals surface area contributed by atoms with E-state index >= 15 is 0 Å². The number of carbonyl (C=O) groups excluding carboxylic acids is 1. The summed E-state index contributed by atoms with van der Waals surface area (Å²) < 4.78 is 5.43. The van der Waals surface area contributed by atoms with Crippen molar-refractivity contribution in [2.75, 3.05) is 44.8 Å². The minimum absolute atomic E-state index is 0.0159. The number of nitrogens with zero attached hydrogens (tertiary/aromatic N) is 3. The molecule has 3 heterocycles. The number of halogens is 1. The highest BCUT2D eigenvalue weighted by Crippen LogP contribution is 2.40. The van der Waals surface area contributed by atoms with Gasteiger partial charge in [-0.15, -0.1) is 11.3 Å². The van der Waals surface area contributed by atoms with E-state index in [1.54, 1.807) is 16.2 Å². The van der Waals surface area contributed by atoms with E-state index in [9.17, 15) is 4.79 Å². The minimum atomic E-state index is 0.0159. The Labute approximate surface area is 156 Å². The van der Waals surface area contributed by atoms with Crippen molar-refractivity contribution in [2.45, 2.75) is 12.3 Å². The van der Waals surface area contributed by atoms with Gasteiger partial charge in [-0.3, -0.25) is 4.79 Å². The lowest BCUT2D eigenvalue weighted by molar-refractivity contribution is 0.0794. The van der Waals surface area contributed by atoms with Gasteiger partial charge in [0, 0.05) is 42.5 Å². The maximum Gasteiger partial charge on any atom is 0.273 e. The number of aromatic nitrogens is 1. The molecule has 0 N–H and O–H groups in total. The van der Waals surface area contributed by atoms with Gasteiger partial charge in [0.2, 0.25) is 0 Å². The SMILES string of the molecule is CN1CCC(c2ccc(Cl)cc2)c2sc(N3CCOCC3)nc2C1=O. The second-order valence-corrected chi connectivity index (χ2v) is 7.87. The summed E-state index contributed by atoms with van der Waals surface area (Å²) in [6.45, 7) is 3.78. The molecule has 1 amide bonds. The second kappa shape index (κ2) is 6.94. The van der Waals surface area contributed by atoms with Crippen molar-refractivity contribution in [1.82, 2.24) is 9.88 Å². The molecule has 1 saturated heterocycles. The van der Waals surface area contributed by atoms with Gasteiger partial charge in [-0.1, -0.05) is 23.7 Å². The molecule has 1 aromatic carbocycles. The number of morpholine rings is 1. The topological polar surface area (TPSA) is 45.7 Å². The summed E-state index contributed by atoms with van der Waals surface area (Å²) >= 11 is 7.69. The Morgan fingerprint density at radius 1 is 1.20 bits per heavy atom. The fourth-order valence-electron chi connectivity index (χ4n) is 3.35. The van der Waals surface area contributed by atoms with Crippen LogP contribution in [0, 0.1) is 0 Å². The Hall–Kier alpha value is -1.63. The van der Waals surface area contributed by atoms with Crippen molar-refractivity contribution < 1.29 is 9.53 Å². The summed E-state index contributed by atoms with van der Waals surface area (Å²) in [5.74, 6) is 0.190. The number of rotatable bonds is 2. The molecule has 0 spiro atoms. The highest BCUT2D eigenvalue weighted by Gasteiger charge is 2.32. The van der Waals surface area contributed by atoms with E-state index in [2.05, 4.69) is 17.0 Å². The fourth-order valence-corrected chi connectivity index (χ4v) is 4.75. The first-order valence-electron chi connectivity index (χ1n) is 8.48. The summed E-state index contributed by atoms with van der Waals surface area (Å²) in [4.78, 5) is 22.6. The molecule has 2 aromatic rings. The van der Waals surface area contributed by atoms with Crippen LogP contribution in [0.4, 0.5) is 5.13 Å². The van der Waals surface area contributed by atoms with Gasteiger partial charge < -0.3 is 14.5 Å². The number of amides is 1. The summed E-state index contributed by atoms with van der Waals surface area (Å²) in [6.07, 6.45) is 0.890. The molecular formula is C18H20ClN3O2S. The van der Waals surface area contributed by atoms with E-state index in [1.807, 2.05) is 19.2 Å². The number of hydrogen-bond acceptors (Lipinski definition) is 5. The number of thiazole rings is 1. The van der Waals surface area contributed by atoms with Crippen LogP contribution in [0.3, 0.4) is 0 Å². The molecule has 2 aliphatic heterocycles. The average molecular weight is 378 g/mol. The van der Waals surface area contributed by atoms with Gasteiger partial charge in [-0.25, -0.2) is 4.98 Å². The highest BCUT2D eigenvalue weighted by atomic mass is 35.5. The highest BCUT2D eigenvalue weighted by molar-refractivity contribution is 7.16. The molecule has 4 rings (SSSR count). The van der Waals surface area contributed by atoms with Crippen molar-refractivity contribution in [1.29, 1.82) is 0 Å². The summed E-state index contributed by atoms with van der Waals surface area (Å²) in [5.41, 5.74) is 1.79. The molecule has 0 saturated carbocycles. The Kier molecular flexibility index (Phi) is 4.67. The third kappa shape index (κ3) is 3.26. The zero-order chi connectivity index (χ0) is 17.4. The van der Waals surface area contributed by atoms with E-state index < -0.39 is 0 Å². The number of fused-ring (bicyclic) bond motifs is 1. The molecule has 25 heavy (non-hydrogen) atoms. The zero-order valence-electron chi connectivity index (χ0n) is 14.1. The molecule has 1 unspecified atom stereocenters. The molecule has 2 aliphatic rings. The van der Waals surface area contributed by atoms with Gasteiger partial charge in [0.1, 0.15) is 5.69 Å². The first-order valence-corrected chi connectivity index (χ1v) is 9.67. The van der Waals surface area contributed by atoms with Crippen molar-refractivity contribution in [3.8, 4) is 0 Å². The van der Waals surface area contributed by atoms with E-state index in [4.69, 9.17) is 21.3 Å². The van der Waals surface area contributed by atoms with Crippen LogP contribution in [0.1, 0.15) is 33.3 Å². The van der Waals surface area contributed by atoms with Crippen molar-refractivity contribution in [2.24, 2.45) is 0 Å². The molecule has 1 fully saturated rings. The summed E-state index contributed by atoms with van der Waals surface area (Å²) in [5, 5.41) is 1.65. The predicted octanol–water partition coefficient (Wildman–Crippen LogP) is 3.24. The van der Waals surface area contributed by atoms with E-state index in [0.29, 0.717) is 18.9 Å². The normalized spacial score (nSPS) is 21.2. The number of ether oxygens (including phenoxy) is 1. The van der Waals surface area contributed by atoms with Crippen LogP contribution in [0.5, 0.6) is 0 Å². The Morgan fingerprint density at radius 2 is 1.92 bits per heavy atom. The van der Waals surface area contributed by atoms with Crippen LogP contribution in [-0.4, -0.2) is 55.7 Å². The quantitative estimate of drug-likeness (QED) is 0.806. The lowest BCUT2D eigenvalue weighted by Gasteiger charge is -2.26. The van der Waals surface area contributed by atoms with Crippen LogP contribution >= 0.6 is 22.9 Å². The number of benzene rings is 1. The van der Waals surface area contributed by atoms with Crippen LogP contribution in [0.2, 0.25) is 5.02 Å². The van der Waals surface area contributed by atoms with Gasteiger partial charge in [0.05, 0.1) is 13.2 Å². The van der Waals surface area contributed by atoms with Gasteiger partial charge in [-0.05, 0) is 24.1 Å². The van der Waals surface area contributed by atoms with Crippen LogP contribution < -0.4 is 4.90 Å². The predicted molar refractivity (Wildman–Crippen MR) is 100 cm³/mol. The zero-order valence-corrected chi connectivity index (χ0v) is 15.6. The Bertz CT molecular complexity index is 771. The van der Waals surface area contributed by atoms with E-state index in [1.165, 1.54) is 5.56 Å². The second-order valence-electron chi connectivity index (χ2n) is 6.43. The lowest BCUT2D eigenvalue weighted by atomic mass is 9.94. The molecule has 5 nitrogen and oxygen atoms in total. The monoisotopic (exact) mass is 377 g/mol. The van der Waals surface area contributed by atoms with Crippen molar-refractivity contribution >= 4 is 34.0 Å². The van der Waals surface area contributed by atoms with Crippen molar-refractivity contribution in [3.63, 3.8) is 0 Å². The van der Waals surface area contributed by atoms with E-state index in [0.717, 1.165) is 41.1 Å². The Balaban J connectivity index is 1.75. The Morgan fingerprint density at radius 3 is 2.64 bits per heavy atom. The third-order valence-corrected chi connectivity index (χ3v) is 6.30. The average Bonchev–Trinajstić information content (AvgIpc) is 3.04. The van der Waals surface area contributed by atoms with Gasteiger partial charge in [0.25, 0.3) is 5.91 Å². The lowest BCUT2D eigenvalue weighted by Crippen LogP contribution is -2.36. The van der Waals surface area contributed by atoms with Gasteiger partial charge in [0.15, 0.2) is 5.13 Å². The molecule has 0 bridgehead atoms. The molecule has 0 aliphatic carbocycles. The van der Waals surface area contributed by atoms with Crippen molar-refractivity contribution in [3.05, 3.63) is 45.4 Å². The van der Waals surface area contributed by atoms with Gasteiger partial charge in [-0.2, -0.15) is 0 Å². The third-order valence-electron chi connectivity index (χ3n) is 4.82. The van der Waals surface area contributed by atoms with Crippen LogP contribution in [0.15, 0.2) is 24.3 Å². The first kappa shape index (κ1) is 16.8.